The minimum Gasteiger partial charge on any atom is -0.457 e. The van der Waals surface area contributed by atoms with Crippen molar-refractivity contribution in [2.24, 2.45) is 5.92 Å². The van der Waals surface area contributed by atoms with Crippen LogP contribution in [0.4, 0.5) is 0 Å². The first-order valence-electron chi connectivity index (χ1n) is 9.34. The van der Waals surface area contributed by atoms with Crippen LogP contribution >= 0.6 is 0 Å². The van der Waals surface area contributed by atoms with Gasteiger partial charge in [-0.2, -0.15) is 0 Å². The highest BCUT2D eigenvalue weighted by atomic mass is 32.2. The summed E-state index contributed by atoms with van der Waals surface area (Å²) in [7, 11) is -3.65. The van der Waals surface area contributed by atoms with E-state index in [9.17, 15) is 8.42 Å². The standard InChI is InChI=1S/C23H25NO3S/c1-18(2)17-23(19-9-5-3-6-10-19)24-28(25,26)22-15-13-21(14-16-22)27-20-11-7-4-8-12-20/h3-16,18,23-24H,17H2,1-2H3/t23-/m0/s1. The van der Waals surface area contributed by atoms with E-state index in [1.165, 1.54) is 0 Å². The lowest BCUT2D eigenvalue weighted by molar-refractivity contribution is 0.471. The van der Waals surface area contributed by atoms with Crippen LogP contribution in [0.1, 0.15) is 31.9 Å². The Morgan fingerprint density at radius 1 is 0.786 bits per heavy atom. The Hall–Kier alpha value is -2.63. The number of para-hydroxylation sites is 1. The summed E-state index contributed by atoms with van der Waals surface area (Å²) >= 11 is 0. The molecule has 0 saturated carbocycles. The number of nitrogens with one attached hydrogen (secondary N) is 1. The summed E-state index contributed by atoms with van der Waals surface area (Å²) in [6.45, 7) is 4.17. The fourth-order valence-electron chi connectivity index (χ4n) is 2.98. The highest BCUT2D eigenvalue weighted by Gasteiger charge is 2.22. The van der Waals surface area contributed by atoms with E-state index in [4.69, 9.17) is 4.74 Å². The van der Waals surface area contributed by atoms with Crippen molar-refractivity contribution in [3.63, 3.8) is 0 Å². The number of hydrogen-bond acceptors (Lipinski definition) is 3. The Bertz CT molecular complexity index is 969. The van der Waals surface area contributed by atoms with E-state index in [0.29, 0.717) is 17.4 Å². The van der Waals surface area contributed by atoms with Gasteiger partial charge in [-0.15, -0.1) is 0 Å². The maximum atomic E-state index is 12.9. The average Bonchev–Trinajstić information content (AvgIpc) is 2.69. The molecule has 1 N–H and O–H groups in total. The molecule has 3 rings (SSSR count). The lowest BCUT2D eigenvalue weighted by Crippen LogP contribution is -2.29. The van der Waals surface area contributed by atoms with Crippen LogP contribution in [-0.2, 0) is 10.0 Å². The van der Waals surface area contributed by atoms with Crippen molar-refractivity contribution in [1.29, 1.82) is 0 Å². The van der Waals surface area contributed by atoms with Gasteiger partial charge in [0.15, 0.2) is 0 Å². The predicted molar refractivity (Wildman–Crippen MR) is 112 cm³/mol. The van der Waals surface area contributed by atoms with Gasteiger partial charge in [0.05, 0.1) is 4.90 Å². The molecule has 0 aliphatic carbocycles. The zero-order chi connectivity index (χ0) is 20.0. The second-order valence-electron chi connectivity index (χ2n) is 7.10. The first-order valence-corrected chi connectivity index (χ1v) is 10.8. The van der Waals surface area contributed by atoms with E-state index in [-0.39, 0.29) is 10.9 Å². The first kappa shape index (κ1) is 20.1. The maximum absolute atomic E-state index is 12.9. The van der Waals surface area contributed by atoms with Gasteiger partial charge in [-0.05, 0) is 54.3 Å². The maximum Gasteiger partial charge on any atom is 0.241 e. The Balaban J connectivity index is 1.77. The third-order valence-electron chi connectivity index (χ3n) is 4.32. The van der Waals surface area contributed by atoms with Crippen molar-refractivity contribution in [2.75, 3.05) is 0 Å². The highest BCUT2D eigenvalue weighted by Crippen LogP contribution is 2.26. The molecule has 0 amide bonds. The zero-order valence-corrected chi connectivity index (χ0v) is 16.9. The lowest BCUT2D eigenvalue weighted by atomic mass is 9.98. The summed E-state index contributed by atoms with van der Waals surface area (Å²) in [4.78, 5) is 0.220. The monoisotopic (exact) mass is 395 g/mol. The molecule has 0 aliphatic rings. The van der Waals surface area contributed by atoms with Gasteiger partial charge in [-0.3, -0.25) is 0 Å². The number of benzene rings is 3. The molecular weight excluding hydrogens is 370 g/mol. The Morgan fingerprint density at radius 3 is 1.89 bits per heavy atom. The molecular formula is C23H25NO3S. The summed E-state index contributed by atoms with van der Waals surface area (Å²) in [5, 5.41) is 0. The quantitative estimate of drug-likeness (QED) is 0.544. The topological polar surface area (TPSA) is 55.4 Å². The summed E-state index contributed by atoms with van der Waals surface area (Å²) < 4.78 is 34.4. The molecule has 0 saturated heterocycles. The van der Waals surface area contributed by atoms with Gasteiger partial charge in [0.25, 0.3) is 0 Å². The largest absolute Gasteiger partial charge is 0.457 e. The van der Waals surface area contributed by atoms with E-state index in [1.807, 2.05) is 60.7 Å². The van der Waals surface area contributed by atoms with Gasteiger partial charge in [0, 0.05) is 6.04 Å². The normalized spacial score (nSPS) is 12.7. The zero-order valence-electron chi connectivity index (χ0n) is 16.1. The van der Waals surface area contributed by atoms with E-state index in [1.54, 1.807) is 24.3 Å². The summed E-state index contributed by atoms with van der Waals surface area (Å²) in [5.41, 5.74) is 0.962. The van der Waals surface area contributed by atoms with Crippen molar-refractivity contribution in [3.05, 3.63) is 90.5 Å². The van der Waals surface area contributed by atoms with Crippen LogP contribution in [0.25, 0.3) is 0 Å². The van der Waals surface area contributed by atoms with E-state index < -0.39 is 10.0 Å². The molecule has 0 aromatic heterocycles. The molecule has 0 aliphatic heterocycles. The summed E-state index contributed by atoms with van der Waals surface area (Å²) in [6, 6.07) is 25.3. The van der Waals surface area contributed by atoms with Crippen molar-refractivity contribution < 1.29 is 13.2 Å². The third-order valence-corrected chi connectivity index (χ3v) is 5.81. The second-order valence-corrected chi connectivity index (χ2v) is 8.81. The minimum atomic E-state index is -3.65. The SMILES string of the molecule is CC(C)C[C@H](NS(=O)(=O)c1ccc(Oc2ccccc2)cc1)c1ccccc1. The second kappa shape index (κ2) is 9.04. The Kier molecular flexibility index (Phi) is 6.49. The Labute approximate surface area is 167 Å². The van der Waals surface area contributed by atoms with Crippen molar-refractivity contribution >= 4 is 10.0 Å². The van der Waals surface area contributed by atoms with Gasteiger partial charge in [-0.25, -0.2) is 13.1 Å². The number of sulfonamides is 1. The minimum absolute atomic E-state index is 0.220. The molecule has 0 fully saturated rings. The molecule has 4 nitrogen and oxygen atoms in total. The predicted octanol–water partition coefficient (Wildman–Crippen LogP) is 5.54. The molecule has 5 heteroatoms. The third kappa shape index (κ3) is 5.44. The van der Waals surface area contributed by atoms with E-state index in [0.717, 1.165) is 12.0 Å². The number of ether oxygens (including phenoxy) is 1. The Morgan fingerprint density at radius 2 is 1.32 bits per heavy atom. The molecule has 3 aromatic carbocycles. The van der Waals surface area contributed by atoms with E-state index >= 15 is 0 Å². The van der Waals surface area contributed by atoms with Crippen LogP contribution in [0.15, 0.2) is 89.8 Å². The molecule has 0 unspecified atom stereocenters. The molecule has 28 heavy (non-hydrogen) atoms. The van der Waals surface area contributed by atoms with Gasteiger partial charge in [-0.1, -0.05) is 62.4 Å². The van der Waals surface area contributed by atoms with Gasteiger partial charge >= 0.3 is 0 Å². The van der Waals surface area contributed by atoms with Crippen LogP contribution in [0.2, 0.25) is 0 Å². The molecule has 0 heterocycles. The van der Waals surface area contributed by atoms with Crippen molar-refractivity contribution in [1.82, 2.24) is 4.72 Å². The van der Waals surface area contributed by atoms with Crippen LogP contribution in [-0.4, -0.2) is 8.42 Å². The summed E-state index contributed by atoms with van der Waals surface area (Å²) in [5.74, 6) is 1.65. The number of rotatable bonds is 8. The van der Waals surface area contributed by atoms with Crippen LogP contribution in [0, 0.1) is 5.92 Å². The molecule has 0 bridgehead atoms. The molecule has 1 atom stereocenters. The fourth-order valence-corrected chi connectivity index (χ4v) is 4.21. The molecule has 0 radical (unpaired) electrons. The molecule has 0 spiro atoms. The fraction of sp³-hybridized carbons (Fsp3) is 0.217. The van der Waals surface area contributed by atoms with Gasteiger partial charge in [0.1, 0.15) is 11.5 Å². The van der Waals surface area contributed by atoms with Crippen molar-refractivity contribution in [3.8, 4) is 11.5 Å². The van der Waals surface area contributed by atoms with Gasteiger partial charge in [0.2, 0.25) is 10.0 Å². The molecule has 146 valence electrons. The van der Waals surface area contributed by atoms with Crippen molar-refractivity contribution in [2.45, 2.75) is 31.2 Å². The number of hydrogen-bond donors (Lipinski definition) is 1. The van der Waals surface area contributed by atoms with Crippen LogP contribution in [0.5, 0.6) is 11.5 Å². The van der Waals surface area contributed by atoms with Crippen LogP contribution in [0.3, 0.4) is 0 Å². The highest BCUT2D eigenvalue weighted by molar-refractivity contribution is 7.89. The van der Waals surface area contributed by atoms with Crippen LogP contribution < -0.4 is 9.46 Å². The summed E-state index contributed by atoms with van der Waals surface area (Å²) in [6.07, 6.45) is 0.721. The average molecular weight is 396 g/mol. The molecule has 3 aromatic rings. The van der Waals surface area contributed by atoms with E-state index in [2.05, 4.69) is 18.6 Å². The van der Waals surface area contributed by atoms with Gasteiger partial charge < -0.3 is 4.74 Å². The smallest absolute Gasteiger partial charge is 0.241 e. The lowest BCUT2D eigenvalue weighted by Gasteiger charge is -2.21. The first-order chi connectivity index (χ1) is 13.4.